The fraction of sp³-hybridized carbons (Fsp3) is 0.500. The highest BCUT2D eigenvalue weighted by Gasteiger charge is 2.65. The van der Waals surface area contributed by atoms with E-state index in [1.807, 2.05) is 44.2 Å². The Balaban J connectivity index is 1.67. The molecule has 2 bridgehead atoms. The lowest BCUT2D eigenvalue weighted by Crippen LogP contribution is -2.43. The predicted octanol–water partition coefficient (Wildman–Crippen LogP) is 2.52. The van der Waals surface area contributed by atoms with E-state index < -0.39 is 15.4 Å². The van der Waals surface area contributed by atoms with Gasteiger partial charge in [-0.3, -0.25) is 4.79 Å². The maximum Gasteiger partial charge on any atom is 0.256 e. The smallest absolute Gasteiger partial charge is 0.256 e. The van der Waals surface area contributed by atoms with Gasteiger partial charge in [0.05, 0.1) is 17.4 Å². The second-order valence-electron chi connectivity index (χ2n) is 7.77. The van der Waals surface area contributed by atoms with Gasteiger partial charge in [0.1, 0.15) is 11.5 Å². The zero-order valence-electron chi connectivity index (χ0n) is 14.3. The third-order valence-corrected chi connectivity index (χ3v) is 8.00. The van der Waals surface area contributed by atoms with Gasteiger partial charge in [-0.05, 0) is 24.2 Å². The first kappa shape index (κ1) is 16.4. The van der Waals surface area contributed by atoms with Crippen molar-refractivity contribution in [1.29, 1.82) is 0 Å². The van der Waals surface area contributed by atoms with Crippen LogP contribution in [0.2, 0.25) is 0 Å². The van der Waals surface area contributed by atoms with Crippen LogP contribution >= 0.6 is 0 Å². The van der Waals surface area contributed by atoms with E-state index in [-0.39, 0.29) is 22.9 Å². The van der Waals surface area contributed by atoms with Crippen LogP contribution in [-0.2, 0) is 14.8 Å². The zero-order chi connectivity index (χ0) is 17.9. The Kier molecular flexibility index (Phi) is 3.45. The molecule has 7 heteroatoms. The summed E-state index contributed by atoms with van der Waals surface area (Å²) in [5.74, 6) is 0.173. The summed E-state index contributed by atoms with van der Waals surface area (Å²) in [4.78, 5) is 12.6. The van der Waals surface area contributed by atoms with Crippen LogP contribution in [0.25, 0.3) is 11.3 Å². The number of hydrogen-bond donors (Lipinski definition) is 0. The first-order chi connectivity index (χ1) is 11.8. The maximum absolute atomic E-state index is 13.0. The quantitative estimate of drug-likeness (QED) is 0.838. The molecule has 25 heavy (non-hydrogen) atoms. The van der Waals surface area contributed by atoms with Crippen molar-refractivity contribution in [3.8, 4) is 11.3 Å². The topological polar surface area (TPSA) is 81.9 Å². The summed E-state index contributed by atoms with van der Waals surface area (Å²) in [6.45, 7) is 4.06. The largest absolute Gasteiger partial charge is 0.299 e. The van der Waals surface area contributed by atoms with Crippen LogP contribution in [0, 0.1) is 16.7 Å². The minimum Gasteiger partial charge on any atom is -0.299 e. The van der Waals surface area contributed by atoms with Crippen LogP contribution < -0.4 is 0 Å². The first-order valence-electron chi connectivity index (χ1n) is 8.51. The van der Waals surface area contributed by atoms with E-state index >= 15 is 0 Å². The molecule has 132 valence electrons. The summed E-state index contributed by atoms with van der Waals surface area (Å²) in [6.07, 6.45) is 3.49. The molecule has 2 saturated carbocycles. The van der Waals surface area contributed by atoms with Gasteiger partial charge in [0.15, 0.2) is 0 Å². The van der Waals surface area contributed by atoms with Crippen LogP contribution in [-0.4, -0.2) is 34.4 Å². The molecule has 6 nitrogen and oxygen atoms in total. The molecule has 2 atom stereocenters. The van der Waals surface area contributed by atoms with E-state index in [4.69, 9.17) is 0 Å². The Morgan fingerprint density at radius 3 is 2.56 bits per heavy atom. The van der Waals surface area contributed by atoms with E-state index in [1.54, 1.807) is 0 Å². The number of ketones is 1. The van der Waals surface area contributed by atoms with Gasteiger partial charge in [-0.1, -0.05) is 49.4 Å². The Morgan fingerprint density at radius 1 is 1.24 bits per heavy atom. The minimum atomic E-state index is -3.76. The molecule has 2 aromatic rings. The van der Waals surface area contributed by atoms with Gasteiger partial charge >= 0.3 is 0 Å². The average molecular weight is 359 g/mol. The number of carbonyl (C=O) groups is 1. The molecule has 0 spiro atoms. The van der Waals surface area contributed by atoms with Crippen LogP contribution in [0.1, 0.15) is 33.1 Å². The lowest BCUT2D eigenvalue weighted by Gasteiger charge is -2.35. The van der Waals surface area contributed by atoms with Gasteiger partial charge in [-0.2, -0.15) is 0 Å². The highest BCUT2D eigenvalue weighted by molar-refractivity contribution is 7.89. The van der Waals surface area contributed by atoms with Crippen molar-refractivity contribution >= 4 is 15.8 Å². The van der Waals surface area contributed by atoms with Crippen molar-refractivity contribution in [3.05, 3.63) is 36.5 Å². The Morgan fingerprint density at radius 2 is 1.96 bits per heavy atom. The lowest BCUT2D eigenvalue weighted by molar-refractivity contribution is -0.128. The molecule has 1 aromatic carbocycles. The molecule has 0 N–H and O–H groups in total. The SMILES string of the molecule is CC1(C)[C@H]2CC[C@]1(CS(=O)(=O)n1cc(-c3ccccc3)nn1)C(=O)C2. The number of hydrogen-bond acceptors (Lipinski definition) is 5. The van der Waals surface area contributed by atoms with Crippen molar-refractivity contribution < 1.29 is 13.2 Å². The van der Waals surface area contributed by atoms with Crippen molar-refractivity contribution in [3.63, 3.8) is 0 Å². The highest BCUT2D eigenvalue weighted by atomic mass is 32.2. The van der Waals surface area contributed by atoms with Crippen LogP contribution in [0.15, 0.2) is 36.5 Å². The highest BCUT2D eigenvalue weighted by Crippen LogP contribution is 2.64. The molecule has 1 heterocycles. The molecule has 0 amide bonds. The molecule has 0 unspecified atom stereocenters. The van der Waals surface area contributed by atoms with Gasteiger partial charge in [0.25, 0.3) is 10.0 Å². The Hall–Kier alpha value is -2.02. The third kappa shape index (κ3) is 2.28. The molecule has 0 saturated heterocycles. The summed E-state index contributed by atoms with van der Waals surface area (Å²) in [7, 11) is -3.76. The van der Waals surface area contributed by atoms with Gasteiger partial charge < -0.3 is 0 Å². The number of benzene rings is 1. The van der Waals surface area contributed by atoms with E-state index in [0.717, 1.165) is 16.1 Å². The molecule has 0 aliphatic heterocycles. The average Bonchev–Trinajstić information content (AvgIpc) is 3.20. The summed E-state index contributed by atoms with van der Waals surface area (Å²) in [6, 6.07) is 9.31. The van der Waals surface area contributed by atoms with Crippen molar-refractivity contribution in [2.24, 2.45) is 16.7 Å². The van der Waals surface area contributed by atoms with Gasteiger partial charge in [0.2, 0.25) is 0 Å². The lowest BCUT2D eigenvalue weighted by atomic mass is 9.70. The molecule has 1 aromatic heterocycles. The molecule has 0 radical (unpaired) electrons. The van der Waals surface area contributed by atoms with Crippen LogP contribution in [0.4, 0.5) is 0 Å². The molecular weight excluding hydrogens is 338 g/mol. The van der Waals surface area contributed by atoms with Gasteiger partial charge in [-0.25, -0.2) is 8.42 Å². The maximum atomic E-state index is 13.0. The summed E-state index contributed by atoms with van der Waals surface area (Å²) in [5, 5.41) is 7.82. The second-order valence-corrected chi connectivity index (χ2v) is 9.59. The van der Waals surface area contributed by atoms with E-state index in [2.05, 4.69) is 10.3 Å². The van der Waals surface area contributed by atoms with E-state index in [1.165, 1.54) is 6.20 Å². The summed E-state index contributed by atoms with van der Waals surface area (Å²) < 4.78 is 26.8. The fourth-order valence-corrected chi connectivity index (χ4v) is 6.45. The number of fused-ring (bicyclic) bond motifs is 2. The minimum absolute atomic E-state index is 0.0840. The number of Topliss-reactive ketones (excluding diaryl/α,β-unsaturated/α-hetero) is 1. The standard InChI is InChI=1S/C18H21N3O3S/c1-17(2)14-8-9-18(17,16(22)10-14)12-25(23,24)21-11-15(19-20-21)13-6-4-3-5-7-13/h3-7,11,14H,8-10,12H2,1-2H3/t14-,18-/m0/s1. The monoisotopic (exact) mass is 359 g/mol. The van der Waals surface area contributed by atoms with E-state index in [9.17, 15) is 13.2 Å². The zero-order valence-corrected chi connectivity index (χ0v) is 15.2. The third-order valence-electron chi connectivity index (χ3n) is 6.40. The number of aromatic nitrogens is 3. The molecule has 2 aliphatic rings. The van der Waals surface area contributed by atoms with Crippen molar-refractivity contribution in [2.45, 2.75) is 33.1 Å². The summed E-state index contributed by atoms with van der Waals surface area (Å²) in [5.41, 5.74) is 0.221. The van der Waals surface area contributed by atoms with Gasteiger partial charge in [-0.15, -0.1) is 9.19 Å². The van der Waals surface area contributed by atoms with Crippen molar-refractivity contribution in [1.82, 2.24) is 14.4 Å². The predicted molar refractivity (Wildman–Crippen MR) is 93.2 cm³/mol. The summed E-state index contributed by atoms with van der Waals surface area (Å²) >= 11 is 0. The first-order valence-corrected chi connectivity index (χ1v) is 10.1. The fourth-order valence-electron chi connectivity index (χ4n) is 4.61. The van der Waals surface area contributed by atoms with E-state index in [0.29, 0.717) is 18.5 Å². The number of nitrogens with zero attached hydrogens (tertiary/aromatic N) is 3. The second kappa shape index (κ2) is 5.24. The number of rotatable bonds is 4. The molecule has 2 fully saturated rings. The van der Waals surface area contributed by atoms with Crippen LogP contribution in [0.5, 0.6) is 0 Å². The van der Waals surface area contributed by atoms with Gasteiger partial charge in [0, 0.05) is 12.0 Å². The number of carbonyl (C=O) groups excluding carboxylic acids is 1. The Bertz CT molecular complexity index is 933. The Labute approximate surface area is 147 Å². The normalized spacial score (nSPS) is 27.8. The molecular formula is C18H21N3O3S. The molecule has 4 rings (SSSR count). The van der Waals surface area contributed by atoms with Crippen LogP contribution in [0.3, 0.4) is 0 Å². The van der Waals surface area contributed by atoms with Crippen molar-refractivity contribution in [2.75, 3.05) is 5.75 Å². The molecule has 2 aliphatic carbocycles.